The van der Waals surface area contributed by atoms with Crippen molar-refractivity contribution in [3.05, 3.63) is 21.4 Å². The van der Waals surface area contributed by atoms with E-state index in [1.807, 2.05) is 11.3 Å². The van der Waals surface area contributed by atoms with Crippen molar-refractivity contribution in [2.45, 2.75) is 64.6 Å². The second-order valence-electron chi connectivity index (χ2n) is 5.37. The Balaban J connectivity index is 1.93. The average molecular weight is 252 g/mol. The second-order valence-corrected chi connectivity index (χ2v) is 6.83. The van der Waals surface area contributed by atoms with Gasteiger partial charge in [0.2, 0.25) is 0 Å². The Hall–Kier alpha value is -0.380. The standard InChI is InChI=1S/C14H24N2S/c1-9-8-14(11(3)17-9)10(2)16-13-6-4-12(15)5-7-13/h8,10,12-13,16H,4-7,15H2,1-3H3. The molecular formula is C14H24N2S. The molecule has 0 amide bonds. The summed E-state index contributed by atoms with van der Waals surface area (Å²) in [5.74, 6) is 0. The van der Waals surface area contributed by atoms with E-state index in [1.54, 1.807) is 0 Å². The van der Waals surface area contributed by atoms with Gasteiger partial charge in [-0.25, -0.2) is 0 Å². The molecule has 1 aliphatic rings. The number of hydrogen-bond acceptors (Lipinski definition) is 3. The van der Waals surface area contributed by atoms with Crippen LogP contribution in [-0.4, -0.2) is 12.1 Å². The first kappa shape index (κ1) is 13.1. The quantitative estimate of drug-likeness (QED) is 0.866. The molecule has 0 aromatic carbocycles. The van der Waals surface area contributed by atoms with Crippen molar-refractivity contribution < 1.29 is 0 Å². The first-order valence-electron chi connectivity index (χ1n) is 6.65. The predicted octanol–water partition coefficient (Wildman–Crippen LogP) is 3.29. The molecule has 0 spiro atoms. The molecule has 1 fully saturated rings. The van der Waals surface area contributed by atoms with Crippen LogP contribution < -0.4 is 11.1 Å². The van der Waals surface area contributed by atoms with Crippen molar-refractivity contribution in [2.75, 3.05) is 0 Å². The van der Waals surface area contributed by atoms with E-state index in [-0.39, 0.29) is 0 Å². The monoisotopic (exact) mass is 252 g/mol. The molecule has 1 aliphatic carbocycles. The highest BCUT2D eigenvalue weighted by Gasteiger charge is 2.21. The summed E-state index contributed by atoms with van der Waals surface area (Å²) in [6.07, 6.45) is 4.80. The van der Waals surface area contributed by atoms with Crippen molar-refractivity contribution >= 4 is 11.3 Å². The molecule has 17 heavy (non-hydrogen) atoms. The molecule has 3 heteroatoms. The molecule has 1 unspecified atom stereocenters. The van der Waals surface area contributed by atoms with Gasteiger partial charge < -0.3 is 11.1 Å². The molecule has 2 rings (SSSR count). The smallest absolute Gasteiger partial charge is 0.0305 e. The average Bonchev–Trinajstić information content (AvgIpc) is 2.61. The van der Waals surface area contributed by atoms with Crippen LogP contribution >= 0.6 is 11.3 Å². The SMILES string of the molecule is Cc1cc(C(C)NC2CCC(N)CC2)c(C)s1. The van der Waals surface area contributed by atoms with Gasteiger partial charge in [-0.1, -0.05) is 0 Å². The number of rotatable bonds is 3. The van der Waals surface area contributed by atoms with Crippen molar-refractivity contribution in [1.82, 2.24) is 5.32 Å². The van der Waals surface area contributed by atoms with Crippen LogP contribution in [-0.2, 0) is 0 Å². The lowest BCUT2D eigenvalue weighted by Gasteiger charge is -2.29. The number of thiophene rings is 1. The zero-order valence-corrected chi connectivity index (χ0v) is 11.9. The Bertz CT molecular complexity index is 364. The minimum Gasteiger partial charge on any atom is -0.328 e. The Morgan fingerprint density at radius 1 is 1.29 bits per heavy atom. The summed E-state index contributed by atoms with van der Waals surface area (Å²) in [7, 11) is 0. The second kappa shape index (κ2) is 5.51. The summed E-state index contributed by atoms with van der Waals surface area (Å²) in [6.45, 7) is 6.69. The van der Waals surface area contributed by atoms with Crippen LogP contribution in [0.1, 0.15) is 54.0 Å². The Kier molecular flexibility index (Phi) is 4.23. The largest absolute Gasteiger partial charge is 0.328 e. The van der Waals surface area contributed by atoms with E-state index >= 15 is 0 Å². The fourth-order valence-corrected chi connectivity index (χ4v) is 3.83. The highest BCUT2D eigenvalue weighted by Crippen LogP contribution is 2.28. The fourth-order valence-electron chi connectivity index (χ4n) is 2.81. The number of nitrogens with two attached hydrogens (primary N) is 1. The van der Waals surface area contributed by atoms with Crippen LogP contribution in [0, 0.1) is 13.8 Å². The lowest BCUT2D eigenvalue weighted by atomic mass is 9.91. The first-order valence-corrected chi connectivity index (χ1v) is 7.46. The third-order valence-electron chi connectivity index (χ3n) is 3.80. The molecule has 2 nitrogen and oxygen atoms in total. The minimum atomic E-state index is 0.438. The fraction of sp³-hybridized carbons (Fsp3) is 0.714. The molecule has 0 saturated heterocycles. The maximum atomic E-state index is 5.94. The van der Waals surface area contributed by atoms with Crippen molar-refractivity contribution in [3.63, 3.8) is 0 Å². The lowest BCUT2D eigenvalue weighted by Crippen LogP contribution is -2.38. The van der Waals surface area contributed by atoms with Gasteiger partial charge in [-0.05, 0) is 58.1 Å². The maximum Gasteiger partial charge on any atom is 0.0305 e. The third-order valence-corrected chi connectivity index (χ3v) is 4.79. The van der Waals surface area contributed by atoms with Crippen molar-refractivity contribution in [1.29, 1.82) is 0 Å². The van der Waals surface area contributed by atoms with Gasteiger partial charge in [0.15, 0.2) is 0 Å². The van der Waals surface area contributed by atoms with Gasteiger partial charge in [0.1, 0.15) is 0 Å². The molecule has 1 saturated carbocycles. The molecule has 1 atom stereocenters. The van der Waals surface area contributed by atoms with Gasteiger partial charge in [-0.3, -0.25) is 0 Å². The van der Waals surface area contributed by atoms with Gasteiger partial charge in [0.25, 0.3) is 0 Å². The Labute approximate surface area is 109 Å². The van der Waals surface area contributed by atoms with Crippen molar-refractivity contribution in [3.8, 4) is 0 Å². The minimum absolute atomic E-state index is 0.438. The van der Waals surface area contributed by atoms with Crippen LogP contribution in [0.3, 0.4) is 0 Å². The number of hydrogen-bond donors (Lipinski definition) is 2. The molecular weight excluding hydrogens is 228 g/mol. The molecule has 3 N–H and O–H groups in total. The first-order chi connectivity index (χ1) is 8.06. The summed E-state index contributed by atoms with van der Waals surface area (Å²) in [6, 6.07) is 3.89. The molecule has 1 heterocycles. The topological polar surface area (TPSA) is 38.0 Å². The molecule has 1 aromatic heterocycles. The predicted molar refractivity (Wildman–Crippen MR) is 75.6 cm³/mol. The van der Waals surface area contributed by atoms with Crippen molar-refractivity contribution in [2.24, 2.45) is 5.73 Å². The highest BCUT2D eigenvalue weighted by molar-refractivity contribution is 7.12. The van der Waals surface area contributed by atoms with E-state index in [4.69, 9.17) is 5.73 Å². The number of nitrogens with one attached hydrogen (secondary N) is 1. The zero-order chi connectivity index (χ0) is 12.4. The summed E-state index contributed by atoms with van der Waals surface area (Å²) in [4.78, 5) is 2.87. The molecule has 0 bridgehead atoms. The van der Waals surface area contributed by atoms with Gasteiger partial charge in [0, 0.05) is 27.9 Å². The third kappa shape index (κ3) is 3.30. The molecule has 1 aromatic rings. The number of aryl methyl sites for hydroxylation is 2. The summed E-state index contributed by atoms with van der Waals surface area (Å²) in [5, 5.41) is 3.76. The van der Waals surface area contributed by atoms with Crippen LogP contribution in [0.2, 0.25) is 0 Å². The molecule has 0 aliphatic heterocycles. The van der Waals surface area contributed by atoms with Crippen LogP contribution in [0.25, 0.3) is 0 Å². The molecule has 0 radical (unpaired) electrons. The highest BCUT2D eigenvalue weighted by atomic mass is 32.1. The normalized spacial score (nSPS) is 27.1. The molecule has 96 valence electrons. The van der Waals surface area contributed by atoms with Crippen LogP contribution in [0.15, 0.2) is 6.07 Å². The van der Waals surface area contributed by atoms with Gasteiger partial charge >= 0.3 is 0 Å². The van der Waals surface area contributed by atoms with Gasteiger partial charge in [-0.15, -0.1) is 11.3 Å². The lowest BCUT2D eigenvalue weighted by molar-refractivity contribution is 0.322. The van der Waals surface area contributed by atoms with E-state index in [0.717, 1.165) is 0 Å². The van der Waals surface area contributed by atoms with Gasteiger partial charge in [-0.2, -0.15) is 0 Å². The summed E-state index contributed by atoms with van der Waals surface area (Å²) in [5.41, 5.74) is 7.41. The van der Waals surface area contributed by atoms with Crippen LogP contribution in [0.4, 0.5) is 0 Å². The Morgan fingerprint density at radius 3 is 2.47 bits per heavy atom. The zero-order valence-electron chi connectivity index (χ0n) is 11.1. The van der Waals surface area contributed by atoms with E-state index < -0.39 is 0 Å². The van der Waals surface area contributed by atoms with E-state index in [1.165, 1.54) is 41.0 Å². The van der Waals surface area contributed by atoms with Crippen LogP contribution in [0.5, 0.6) is 0 Å². The maximum absolute atomic E-state index is 5.94. The summed E-state index contributed by atoms with van der Waals surface area (Å²) >= 11 is 1.90. The van der Waals surface area contributed by atoms with Gasteiger partial charge in [0.05, 0.1) is 0 Å². The van der Waals surface area contributed by atoms with E-state index in [0.29, 0.717) is 18.1 Å². The van der Waals surface area contributed by atoms with E-state index in [9.17, 15) is 0 Å². The summed E-state index contributed by atoms with van der Waals surface area (Å²) < 4.78 is 0. The van der Waals surface area contributed by atoms with E-state index in [2.05, 4.69) is 32.2 Å². The Morgan fingerprint density at radius 2 is 1.94 bits per heavy atom.